The minimum atomic E-state index is -0.419. The second-order valence-corrected chi connectivity index (χ2v) is 2.13. The molecule has 0 amide bonds. The molecule has 0 bridgehead atoms. The molecule has 2 nitrogen and oxygen atoms in total. The Hall–Kier alpha value is -1.28. The average Bonchev–Trinajstić information content (AvgIpc) is 2.06. The largest absolute Gasteiger partial charge is 0.472 e. The second kappa shape index (κ2) is 3.78. The lowest BCUT2D eigenvalue weighted by Gasteiger charge is -2.08. The zero-order chi connectivity index (χ0) is 8.10. The highest BCUT2D eigenvalue weighted by atomic mass is 16.5. The Morgan fingerprint density at radius 2 is 2.00 bits per heavy atom. The molecular weight excluding hydrogens is 138 g/mol. The zero-order valence-corrected chi connectivity index (χ0v) is 6.23. The third kappa shape index (κ3) is 2.43. The number of hydrogen-bond donors (Lipinski definition) is 1. The Bertz CT molecular complexity index is 220. The molecule has 0 spiro atoms. The van der Waals surface area contributed by atoms with E-state index in [1.165, 1.54) is 0 Å². The van der Waals surface area contributed by atoms with Crippen LogP contribution >= 0.6 is 0 Å². The average molecular weight is 149 g/mol. The first-order chi connectivity index (χ1) is 5.33. The van der Waals surface area contributed by atoms with Crippen molar-refractivity contribution in [1.82, 2.24) is 0 Å². The summed E-state index contributed by atoms with van der Waals surface area (Å²) in [6.45, 7) is 3.51. The molecule has 1 aromatic rings. The van der Waals surface area contributed by atoms with Crippen LogP contribution in [-0.4, -0.2) is 6.23 Å². The van der Waals surface area contributed by atoms with Crippen molar-refractivity contribution in [1.29, 1.82) is 0 Å². The zero-order valence-electron chi connectivity index (χ0n) is 6.23. The van der Waals surface area contributed by atoms with Gasteiger partial charge in [-0.2, -0.15) is 0 Å². The van der Waals surface area contributed by atoms with Crippen LogP contribution in [0.2, 0.25) is 0 Å². The van der Waals surface area contributed by atoms with Gasteiger partial charge in [-0.15, -0.1) is 0 Å². The van der Waals surface area contributed by atoms with E-state index in [-0.39, 0.29) is 0 Å². The molecule has 0 saturated carbocycles. The van der Waals surface area contributed by atoms with E-state index in [1.807, 2.05) is 30.3 Å². The lowest BCUT2D eigenvalue weighted by atomic mass is 10.3. The SMILES string of the molecule is C=CC(N)Oc1ccccc1. The van der Waals surface area contributed by atoms with Crippen LogP contribution in [0.25, 0.3) is 0 Å². The molecule has 0 aromatic heterocycles. The van der Waals surface area contributed by atoms with Crippen LogP contribution in [-0.2, 0) is 0 Å². The highest BCUT2D eigenvalue weighted by Crippen LogP contribution is 2.08. The molecule has 0 saturated heterocycles. The maximum absolute atomic E-state index is 5.46. The van der Waals surface area contributed by atoms with Gasteiger partial charge in [-0.25, -0.2) is 0 Å². The molecule has 58 valence electrons. The molecule has 11 heavy (non-hydrogen) atoms. The van der Waals surface area contributed by atoms with E-state index in [4.69, 9.17) is 10.5 Å². The molecule has 0 heterocycles. The van der Waals surface area contributed by atoms with Crippen molar-refractivity contribution in [2.45, 2.75) is 6.23 Å². The van der Waals surface area contributed by atoms with Crippen LogP contribution in [0.1, 0.15) is 0 Å². The highest BCUT2D eigenvalue weighted by molar-refractivity contribution is 5.21. The highest BCUT2D eigenvalue weighted by Gasteiger charge is 1.95. The number of para-hydroxylation sites is 1. The van der Waals surface area contributed by atoms with Crippen LogP contribution in [0.3, 0.4) is 0 Å². The van der Waals surface area contributed by atoms with Crippen molar-refractivity contribution in [2.24, 2.45) is 5.73 Å². The Labute approximate surface area is 66.3 Å². The standard InChI is InChI=1S/C9H11NO/c1-2-9(10)11-8-6-4-3-5-7-8/h2-7,9H,1,10H2. The minimum absolute atomic E-state index is 0.419. The molecule has 1 rings (SSSR count). The van der Waals surface area contributed by atoms with Crippen molar-refractivity contribution in [3.05, 3.63) is 43.0 Å². The topological polar surface area (TPSA) is 35.2 Å². The summed E-state index contributed by atoms with van der Waals surface area (Å²) >= 11 is 0. The number of rotatable bonds is 3. The Kier molecular flexibility index (Phi) is 2.69. The van der Waals surface area contributed by atoms with Gasteiger partial charge in [0.2, 0.25) is 0 Å². The Morgan fingerprint density at radius 1 is 1.36 bits per heavy atom. The van der Waals surface area contributed by atoms with Crippen molar-refractivity contribution in [3.63, 3.8) is 0 Å². The van der Waals surface area contributed by atoms with Gasteiger partial charge in [0.25, 0.3) is 0 Å². The van der Waals surface area contributed by atoms with Gasteiger partial charge in [-0.05, 0) is 18.2 Å². The van der Waals surface area contributed by atoms with Gasteiger partial charge in [0, 0.05) is 0 Å². The molecule has 2 N–H and O–H groups in total. The van der Waals surface area contributed by atoms with E-state index in [0.717, 1.165) is 5.75 Å². The molecule has 2 heteroatoms. The maximum Gasteiger partial charge on any atom is 0.166 e. The van der Waals surface area contributed by atoms with Crippen molar-refractivity contribution in [3.8, 4) is 5.75 Å². The predicted octanol–water partition coefficient (Wildman–Crippen LogP) is 1.54. The van der Waals surface area contributed by atoms with Gasteiger partial charge in [0.05, 0.1) is 0 Å². The molecule has 0 aliphatic carbocycles. The molecule has 0 aliphatic rings. The van der Waals surface area contributed by atoms with Gasteiger partial charge >= 0.3 is 0 Å². The number of nitrogens with two attached hydrogens (primary N) is 1. The Balaban J connectivity index is 2.57. The van der Waals surface area contributed by atoms with Gasteiger partial charge in [0.15, 0.2) is 6.23 Å². The first-order valence-corrected chi connectivity index (χ1v) is 3.43. The molecule has 0 aliphatic heterocycles. The summed E-state index contributed by atoms with van der Waals surface area (Å²) < 4.78 is 5.22. The monoisotopic (exact) mass is 149 g/mol. The third-order valence-electron chi connectivity index (χ3n) is 1.25. The molecule has 0 fully saturated rings. The normalized spacial score (nSPS) is 12.1. The van der Waals surface area contributed by atoms with E-state index in [2.05, 4.69) is 6.58 Å². The molecule has 1 atom stereocenters. The van der Waals surface area contributed by atoms with Crippen LogP contribution in [0.15, 0.2) is 43.0 Å². The molecular formula is C9H11NO. The molecule has 1 aromatic carbocycles. The smallest absolute Gasteiger partial charge is 0.166 e. The van der Waals surface area contributed by atoms with Gasteiger partial charge in [-0.1, -0.05) is 24.8 Å². The fourth-order valence-corrected chi connectivity index (χ4v) is 0.704. The summed E-state index contributed by atoms with van der Waals surface area (Å²) in [5.41, 5.74) is 5.46. The third-order valence-corrected chi connectivity index (χ3v) is 1.25. The second-order valence-electron chi connectivity index (χ2n) is 2.13. The quantitative estimate of drug-likeness (QED) is 0.522. The number of ether oxygens (including phenoxy) is 1. The van der Waals surface area contributed by atoms with Gasteiger partial charge in [-0.3, -0.25) is 5.73 Å². The van der Waals surface area contributed by atoms with E-state index in [0.29, 0.717) is 0 Å². The summed E-state index contributed by atoms with van der Waals surface area (Å²) in [6.07, 6.45) is 1.13. The fourth-order valence-electron chi connectivity index (χ4n) is 0.704. The van der Waals surface area contributed by atoms with Gasteiger partial charge in [0.1, 0.15) is 5.75 Å². The van der Waals surface area contributed by atoms with E-state index < -0.39 is 6.23 Å². The number of benzene rings is 1. The van der Waals surface area contributed by atoms with Crippen molar-refractivity contribution >= 4 is 0 Å². The maximum atomic E-state index is 5.46. The lowest BCUT2D eigenvalue weighted by Crippen LogP contribution is -2.23. The first-order valence-electron chi connectivity index (χ1n) is 3.43. The molecule has 0 radical (unpaired) electrons. The predicted molar refractivity (Wildman–Crippen MR) is 45.2 cm³/mol. The fraction of sp³-hybridized carbons (Fsp3) is 0.111. The van der Waals surface area contributed by atoms with E-state index >= 15 is 0 Å². The minimum Gasteiger partial charge on any atom is -0.472 e. The van der Waals surface area contributed by atoms with Crippen LogP contribution < -0.4 is 10.5 Å². The summed E-state index contributed by atoms with van der Waals surface area (Å²) in [7, 11) is 0. The van der Waals surface area contributed by atoms with Crippen LogP contribution in [0, 0.1) is 0 Å². The van der Waals surface area contributed by atoms with E-state index in [9.17, 15) is 0 Å². The van der Waals surface area contributed by atoms with Crippen LogP contribution in [0.4, 0.5) is 0 Å². The summed E-state index contributed by atoms with van der Waals surface area (Å²) in [4.78, 5) is 0. The van der Waals surface area contributed by atoms with Crippen molar-refractivity contribution < 1.29 is 4.74 Å². The first kappa shape index (κ1) is 7.82. The number of hydrogen-bond acceptors (Lipinski definition) is 2. The van der Waals surface area contributed by atoms with Crippen molar-refractivity contribution in [2.75, 3.05) is 0 Å². The summed E-state index contributed by atoms with van der Waals surface area (Å²) in [5.74, 6) is 0.764. The Morgan fingerprint density at radius 3 is 2.55 bits per heavy atom. The summed E-state index contributed by atoms with van der Waals surface area (Å²) in [5, 5.41) is 0. The van der Waals surface area contributed by atoms with E-state index in [1.54, 1.807) is 6.08 Å². The van der Waals surface area contributed by atoms with Gasteiger partial charge < -0.3 is 4.74 Å². The van der Waals surface area contributed by atoms with Crippen LogP contribution in [0.5, 0.6) is 5.75 Å². The lowest BCUT2D eigenvalue weighted by molar-refractivity contribution is 0.258. The summed E-state index contributed by atoms with van der Waals surface area (Å²) in [6, 6.07) is 9.41. The molecule has 1 unspecified atom stereocenters.